The Morgan fingerprint density at radius 3 is 2.24 bits per heavy atom. The van der Waals surface area contributed by atoms with Gasteiger partial charge in [-0.2, -0.15) is 5.26 Å². The van der Waals surface area contributed by atoms with E-state index in [0.29, 0.717) is 17.7 Å². The Bertz CT molecular complexity index is 649. The zero-order valence-electron chi connectivity index (χ0n) is 12.4. The van der Waals surface area contributed by atoms with Gasteiger partial charge in [-0.25, -0.2) is 4.39 Å². The number of nitrogens with zero attached hydrogens (tertiary/aromatic N) is 1. The van der Waals surface area contributed by atoms with Gasteiger partial charge < -0.3 is 5.32 Å². The summed E-state index contributed by atoms with van der Waals surface area (Å²) in [7, 11) is 0. The Kier molecular flexibility index (Phi) is 4.94. The number of hydrogen-bond acceptors (Lipinski definition) is 2. The lowest BCUT2D eigenvalue weighted by atomic mass is 10.0. The molecule has 0 heterocycles. The van der Waals surface area contributed by atoms with Gasteiger partial charge in [0.15, 0.2) is 0 Å². The second-order valence-electron chi connectivity index (χ2n) is 4.93. The van der Waals surface area contributed by atoms with E-state index >= 15 is 0 Å². The van der Waals surface area contributed by atoms with Crippen molar-refractivity contribution in [2.75, 3.05) is 5.32 Å². The van der Waals surface area contributed by atoms with Crippen LogP contribution in [0.2, 0.25) is 0 Å². The first-order valence-electron chi connectivity index (χ1n) is 7.22. The molecule has 2 nitrogen and oxygen atoms in total. The van der Waals surface area contributed by atoms with Crippen LogP contribution in [0.5, 0.6) is 0 Å². The molecule has 0 amide bonds. The van der Waals surface area contributed by atoms with Gasteiger partial charge in [-0.15, -0.1) is 0 Å². The molecule has 2 aromatic rings. The van der Waals surface area contributed by atoms with Crippen LogP contribution in [0.1, 0.15) is 36.1 Å². The smallest absolute Gasteiger partial charge is 0.129 e. The number of hydrogen-bond donors (Lipinski definition) is 1. The Morgan fingerprint density at radius 1 is 1.05 bits per heavy atom. The number of aryl methyl sites for hydroxylation is 2. The summed E-state index contributed by atoms with van der Waals surface area (Å²) in [6, 6.07) is 12.8. The summed E-state index contributed by atoms with van der Waals surface area (Å²) in [5.74, 6) is -0.339. The number of benzene rings is 2. The van der Waals surface area contributed by atoms with Gasteiger partial charge in [-0.3, -0.25) is 0 Å². The second-order valence-corrected chi connectivity index (χ2v) is 4.93. The lowest BCUT2D eigenvalue weighted by Gasteiger charge is -2.15. The zero-order chi connectivity index (χ0) is 15.2. The Morgan fingerprint density at radius 2 is 1.71 bits per heavy atom. The molecule has 0 radical (unpaired) electrons. The van der Waals surface area contributed by atoms with Crippen molar-refractivity contribution in [3.05, 3.63) is 64.5 Å². The standard InChI is InChI=1S/C18H19FN2/c1-3-14-6-5-7-15(4-2)18(14)21-12-16-9-8-13(11-20)10-17(16)19/h5-10,21H,3-4,12H2,1-2H3. The minimum atomic E-state index is -0.339. The summed E-state index contributed by atoms with van der Waals surface area (Å²) in [6.07, 6.45) is 1.87. The van der Waals surface area contributed by atoms with Gasteiger partial charge >= 0.3 is 0 Å². The Balaban J connectivity index is 2.22. The van der Waals surface area contributed by atoms with Crippen molar-refractivity contribution in [3.63, 3.8) is 0 Å². The third-order valence-corrected chi connectivity index (χ3v) is 3.64. The molecule has 0 unspecified atom stereocenters. The third kappa shape index (κ3) is 3.41. The lowest BCUT2D eigenvalue weighted by molar-refractivity contribution is 0.612. The number of anilines is 1. The van der Waals surface area contributed by atoms with E-state index in [1.54, 1.807) is 12.1 Å². The first-order valence-corrected chi connectivity index (χ1v) is 7.22. The van der Waals surface area contributed by atoms with Gasteiger partial charge in [0.1, 0.15) is 5.82 Å². The highest BCUT2D eigenvalue weighted by Crippen LogP contribution is 2.23. The van der Waals surface area contributed by atoms with E-state index in [0.717, 1.165) is 18.5 Å². The lowest BCUT2D eigenvalue weighted by Crippen LogP contribution is -2.06. The largest absolute Gasteiger partial charge is 0.380 e. The second kappa shape index (κ2) is 6.90. The molecule has 0 aromatic heterocycles. The van der Waals surface area contributed by atoms with E-state index in [2.05, 4.69) is 37.4 Å². The highest BCUT2D eigenvalue weighted by atomic mass is 19.1. The quantitative estimate of drug-likeness (QED) is 0.880. The van der Waals surface area contributed by atoms with Crippen LogP contribution in [0, 0.1) is 17.1 Å². The molecule has 0 aliphatic heterocycles. The van der Waals surface area contributed by atoms with Crippen molar-refractivity contribution in [1.82, 2.24) is 0 Å². The molecule has 0 atom stereocenters. The summed E-state index contributed by atoms with van der Waals surface area (Å²) in [5.41, 5.74) is 4.50. The van der Waals surface area contributed by atoms with Gasteiger partial charge in [-0.1, -0.05) is 38.1 Å². The van der Waals surface area contributed by atoms with Crippen molar-refractivity contribution >= 4 is 5.69 Å². The van der Waals surface area contributed by atoms with Crippen LogP contribution in [0.15, 0.2) is 36.4 Å². The maximum atomic E-state index is 13.9. The number of nitrogens with one attached hydrogen (secondary N) is 1. The van der Waals surface area contributed by atoms with Gasteiger partial charge in [0, 0.05) is 17.8 Å². The number of nitriles is 1. The summed E-state index contributed by atoms with van der Waals surface area (Å²) in [5, 5.41) is 12.1. The predicted molar refractivity (Wildman–Crippen MR) is 83.6 cm³/mol. The monoisotopic (exact) mass is 282 g/mol. The fraction of sp³-hybridized carbons (Fsp3) is 0.278. The van der Waals surface area contributed by atoms with Crippen LogP contribution >= 0.6 is 0 Å². The van der Waals surface area contributed by atoms with E-state index < -0.39 is 0 Å². The predicted octanol–water partition coefficient (Wildman–Crippen LogP) is 4.43. The van der Waals surface area contributed by atoms with Crippen LogP contribution in [0.3, 0.4) is 0 Å². The summed E-state index contributed by atoms with van der Waals surface area (Å²) < 4.78 is 13.9. The molecule has 2 aromatic carbocycles. The van der Waals surface area contributed by atoms with Crippen molar-refractivity contribution < 1.29 is 4.39 Å². The van der Waals surface area contributed by atoms with Gasteiger partial charge in [0.2, 0.25) is 0 Å². The van der Waals surface area contributed by atoms with Gasteiger partial charge in [0.25, 0.3) is 0 Å². The molecule has 2 rings (SSSR count). The van der Waals surface area contributed by atoms with E-state index in [9.17, 15) is 4.39 Å². The number of para-hydroxylation sites is 1. The molecule has 3 heteroatoms. The summed E-state index contributed by atoms with van der Waals surface area (Å²) >= 11 is 0. The van der Waals surface area contributed by atoms with E-state index in [1.165, 1.54) is 17.2 Å². The van der Waals surface area contributed by atoms with Crippen LogP contribution in [0.4, 0.5) is 10.1 Å². The van der Waals surface area contributed by atoms with Crippen LogP contribution in [-0.4, -0.2) is 0 Å². The van der Waals surface area contributed by atoms with Crippen LogP contribution in [0.25, 0.3) is 0 Å². The molecule has 108 valence electrons. The minimum absolute atomic E-state index is 0.339. The number of halogens is 1. The van der Waals surface area contributed by atoms with Gasteiger partial charge in [0.05, 0.1) is 11.6 Å². The first-order chi connectivity index (χ1) is 10.2. The molecule has 1 N–H and O–H groups in total. The minimum Gasteiger partial charge on any atom is -0.380 e. The summed E-state index contributed by atoms with van der Waals surface area (Å²) in [4.78, 5) is 0. The molecule has 0 aliphatic carbocycles. The van der Waals surface area contributed by atoms with E-state index in [4.69, 9.17) is 5.26 Å². The summed E-state index contributed by atoms with van der Waals surface area (Å²) in [6.45, 7) is 4.64. The highest BCUT2D eigenvalue weighted by molar-refractivity contribution is 5.58. The molecule has 0 spiro atoms. The molecule has 0 saturated heterocycles. The van der Waals surface area contributed by atoms with Crippen LogP contribution < -0.4 is 5.32 Å². The molecule has 0 aliphatic rings. The van der Waals surface area contributed by atoms with Gasteiger partial charge in [-0.05, 0) is 36.1 Å². The SMILES string of the molecule is CCc1cccc(CC)c1NCc1ccc(C#N)cc1F. The molecular weight excluding hydrogens is 263 g/mol. The average molecular weight is 282 g/mol. The highest BCUT2D eigenvalue weighted by Gasteiger charge is 2.08. The zero-order valence-corrected chi connectivity index (χ0v) is 12.4. The number of rotatable bonds is 5. The fourth-order valence-electron chi connectivity index (χ4n) is 2.41. The van der Waals surface area contributed by atoms with Crippen LogP contribution in [-0.2, 0) is 19.4 Å². The Hall–Kier alpha value is -2.34. The van der Waals surface area contributed by atoms with Crippen molar-refractivity contribution in [2.45, 2.75) is 33.2 Å². The van der Waals surface area contributed by atoms with E-state index in [-0.39, 0.29) is 5.82 Å². The molecule has 21 heavy (non-hydrogen) atoms. The molecular formula is C18H19FN2. The van der Waals surface area contributed by atoms with Crippen molar-refractivity contribution in [3.8, 4) is 6.07 Å². The average Bonchev–Trinajstić information content (AvgIpc) is 2.53. The van der Waals surface area contributed by atoms with E-state index in [1.807, 2.05) is 6.07 Å². The molecule has 0 saturated carbocycles. The fourth-order valence-corrected chi connectivity index (χ4v) is 2.41. The normalized spacial score (nSPS) is 10.2. The van der Waals surface area contributed by atoms with Crippen molar-refractivity contribution in [2.24, 2.45) is 0 Å². The third-order valence-electron chi connectivity index (χ3n) is 3.64. The first kappa shape index (κ1) is 15.1. The van der Waals surface area contributed by atoms with Crippen molar-refractivity contribution in [1.29, 1.82) is 5.26 Å². The maximum absolute atomic E-state index is 13.9. The topological polar surface area (TPSA) is 35.8 Å². The molecule has 0 fully saturated rings. The molecule has 0 bridgehead atoms. The Labute approximate surface area is 125 Å². The maximum Gasteiger partial charge on any atom is 0.129 e.